The zero-order chi connectivity index (χ0) is 12.7. The number of aromatic amines is 1. The monoisotopic (exact) mass is 258 g/mol. The molecule has 0 amide bonds. The Bertz CT molecular complexity index is 742. The van der Waals surface area contributed by atoms with Gasteiger partial charge in [-0.2, -0.15) is 5.10 Å². The lowest BCUT2D eigenvalue weighted by Crippen LogP contribution is -1.95. The van der Waals surface area contributed by atoms with Crippen LogP contribution in [-0.2, 0) is 0 Å². The molecular formula is C13H10N2O2S. The average molecular weight is 258 g/mol. The minimum absolute atomic E-state index is 0.208. The van der Waals surface area contributed by atoms with Crippen LogP contribution in [0.2, 0.25) is 0 Å². The molecule has 1 aromatic carbocycles. The summed E-state index contributed by atoms with van der Waals surface area (Å²) in [5.74, 6) is -0.965. The number of fused-ring (bicyclic) bond motifs is 1. The highest BCUT2D eigenvalue weighted by molar-refractivity contribution is 7.22. The topological polar surface area (TPSA) is 66.0 Å². The van der Waals surface area contributed by atoms with Crippen molar-refractivity contribution >= 4 is 27.4 Å². The third kappa shape index (κ3) is 1.60. The molecule has 3 rings (SSSR count). The molecule has 0 aliphatic rings. The summed E-state index contributed by atoms with van der Waals surface area (Å²) in [7, 11) is 0. The lowest BCUT2D eigenvalue weighted by atomic mass is 10.1. The number of rotatable bonds is 2. The number of thiophene rings is 1. The third-order valence-corrected chi connectivity index (χ3v) is 4.16. The molecule has 2 aromatic heterocycles. The number of hydrogen-bond donors (Lipinski definition) is 2. The zero-order valence-electron chi connectivity index (χ0n) is 9.60. The lowest BCUT2D eigenvalue weighted by molar-refractivity contribution is 0.0698. The van der Waals surface area contributed by atoms with Crippen molar-refractivity contribution in [1.29, 1.82) is 0 Å². The molecule has 0 spiro atoms. The van der Waals surface area contributed by atoms with Gasteiger partial charge in [-0.15, -0.1) is 11.3 Å². The van der Waals surface area contributed by atoms with E-state index in [0.717, 1.165) is 10.3 Å². The van der Waals surface area contributed by atoms with E-state index in [-0.39, 0.29) is 5.56 Å². The SMILES string of the molecule is Cc1cccc2cc(-c3[nH]ncc3C(=O)O)sc12. The van der Waals surface area contributed by atoms with Crippen LogP contribution in [0.3, 0.4) is 0 Å². The van der Waals surface area contributed by atoms with Gasteiger partial charge in [-0.1, -0.05) is 18.2 Å². The van der Waals surface area contributed by atoms with E-state index >= 15 is 0 Å². The van der Waals surface area contributed by atoms with Gasteiger partial charge in [0.2, 0.25) is 0 Å². The summed E-state index contributed by atoms with van der Waals surface area (Å²) in [6.07, 6.45) is 1.34. The molecule has 0 aliphatic heterocycles. The van der Waals surface area contributed by atoms with Crippen LogP contribution >= 0.6 is 11.3 Å². The average Bonchev–Trinajstić information content (AvgIpc) is 2.95. The van der Waals surface area contributed by atoms with E-state index in [0.29, 0.717) is 5.69 Å². The van der Waals surface area contributed by atoms with Crippen molar-refractivity contribution in [2.45, 2.75) is 6.92 Å². The molecule has 0 saturated heterocycles. The molecule has 2 N–H and O–H groups in total. The predicted octanol–water partition coefficient (Wildman–Crippen LogP) is 3.30. The van der Waals surface area contributed by atoms with E-state index in [1.807, 2.05) is 31.2 Å². The molecule has 0 radical (unpaired) electrons. The van der Waals surface area contributed by atoms with Crippen LogP contribution in [0.5, 0.6) is 0 Å². The van der Waals surface area contributed by atoms with Crippen LogP contribution < -0.4 is 0 Å². The molecule has 5 heteroatoms. The smallest absolute Gasteiger partial charge is 0.339 e. The van der Waals surface area contributed by atoms with Gasteiger partial charge in [-0.05, 0) is 23.9 Å². The van der Waals surface area contributed by atoms with Gasteiger partial charge in [0, 0.05) is 4.70 Å². The summed E-state index contributed by atoms with van der Waals surface area (Å²) in [5.41, 5.74) is 1.97. The Hall–Kier alpha value is -2.14. The van der Waals surface area contributed by atoms with Crippen molar-refractivity contribution in [3.8, 4) is 10.6 Å². The third-order valence-electron chi connectivity index (χ3n) is 2.86. The second kappa shape index (κ2) is 3.96. The molecule has 4 nitrogen and oxygen atoms in total. The van der Waals surface area contributed by atoms with E-state index in [1.165, 1.54) is 16.5 Å². The molecule has 2 heterocycles. The molecule has 0 fully saturated rings. The summed E-state index contributed by atoms with van der Waals surface area (Å²) in [4.78, 5) is 12.0. The van der Waals surface area contributed by atoms with Gasteiger partial charge in [0.25, 0.3) is 0 Å². The quantitative estimate of drug-likeness (QED) is 0.741. The van der Waals surface area contributed by atoms with Gasteiger partial charge < -0.3 is 5.11 Å². The van der Waals surface area contributed by atoms with Gasteiger partial charge in [-0.25, -0.2) is 4.79 Å². The first-order valence-electron chi connectivity index (χ1n) is 5.43. The highest BCUT2D eigenvalue weighted by Gasteiger charge is 2.16. The van der Waals surface area contributed by atoms with E-state index < -0.39 is 5.97 Å². The number of carboxylic acids is 1. The highest BCUT2D eigenvalue weighted by Crippen LogP contribution is 2.35. The van der Waals surface area contributed by atoms with E-state index in [2.05, 4.69) is 10.2 Å². The first-order valence-corrected chi connectivity index (χ1v) is 6.24. The van der Waals surface area contributed by atoms with E-state index in [1.54, 1.807) is 11.3 Å². The van der Waals surface area contributed by atoms with Crippen molar-refractivity contribution in [2.75, 3.05) is 0 Å². The van der Waals surface area contributed by atoms with Crippen molar-refractivity contribution in [1.82, 2.24) is 10.2 Å². The number of H-pyrrole nitrogens is 1. The number of nitrogens with one attached hydrogen (secondary N) is 1. The number of aromatic carboxylic acids is 1. The zero-order valence-corrected chi connectivity index (χ0v) is 10.4. The number of hydrogen-bond acceptors (Lipinski definition) is 3. The Morgan fingerprint density at radius 3 is 3.00 bits per heavy atom. The molecule has 3 aromatic rings. The normalized spacial score (nSPS) is 10.9. The minimum atomic E-state index is -0.965. The van der Waals surface area contributed by atoms with E-state index in [9.17, 15) is 4.79 Å². The molecule has 0 aliphatic carbocycles. The maximum atomic E-state index is 11.1. The molecule has 0 atom stereocenters. The number of aromatic nitrogens is 2. The summed E-state index contributed by atoms with van der Waals surface area (Å²) in [6.45, 7) is 2.05. The molecule has 0 saturated carbocycles. The predicted molar refractivity (Wildman–Crippen MR) is 71.1 cm³/mol. The Morgan fingerprint density at radius 2 is 2.28 bits per heavy atom. The second-order valence-electron chi connectivity index (χ2n) is 4.07. The van der Waals surface area contributed by atoms with Crippen LogP contribution in [0, 0.1) is 6.92 Å². The van der Waals surface area contributed by atoms with Gasteiger partial charge in [0.1, 0.15) is 5.56 Å². The van der Waals surface area contributed by atoms with Gasteiger partial charge >= 0.3 is 5.97 Å². The van der Waals surface area contributed by atoms with Crippen LogP contribution in [0.4, 0.5) is 0 Å². The first-order chi connectivity index (χ1) is 8.66. The standard InChI is InChI=1S/C13H10N2O2S/c1-7-3-2-4-8-5-10(18-12(7)8)11-9(13(16)17)6-14-15-11/h2-6H,1H3,(H,14,15)(H,16,17). The minimum Gasteiger partial charge on any atom is -0.478 e. The molecule has 18 heavy (non-hydrogen) atoms. The Balaban J connectivity index is 2.23. The van der Waals surface area contributed by atoms with Gasteiger partial charge in [0.15, 0.2) is 0 Å². The maximum Gasteiger partial charge on any atom is 0.339 e. The summed E-state index contributed by atoms with van der Waals surface area (Å²) in [6, 6.07) is 8.07. The van der Waals surface area contributed by atoms with E-state index in [4.69, 9.17) is 5.11 Å². The Kier molecular flexibility index (Phi) is 2.41. The number of carboxylic acid groups (broad SMARTS) is 1. The van der Waals surface area contributed by atoms with Crippen molar-refractivity contribution in [2.24, 2.45) is 0 Å². The first kappa shape index (κ1) is 11.0. The molecule has 0 unspecified atom stereocenters. The number of benzene rings is 1. The number of aryl methyl sites for hydroxylation is 1. The summed E-state index contributed by atoms with van der Waals surface area (Å²) >= 11 is 1.58. The van der Waals surface area contributed by atoms with Crippen molar-refractivity contribution in [3.05, 3.63) is 41.6 Å². The fourth-order valence-corrected chi connectivity index (χ4v) is 3.11. The van der Waals surface area contributed by atoms with Crippen molar-refractivity contribution < 1.29 is 9.90 Å². The van der Waals surface area contributed by atoms with Crippen LogP contribution in [0.1, 0.15) is 15.9 Å². The Morgan fingerprint density at radius 1 is 1.44 bits per heavy atom. The van der Waals surface area contributed by atoms with Crippen LogP contribution in [0.25, 0.3) is 20.7 Å². The molecule has 0 bridgehead atoms. The lowest BCUT2D eigenvalue weighted by Gasteiger charge is -1.94. The summed E-state index contributed by atoms with van der Waals surface area (Å²) < 4.78 is 1.18. The maximum absolute atomic E-state index is 11.1. The van der Waals surface area contributed by atoms with Crippen LogP contribution in [-0.4, -0.2) is 21.3 Å². The van der Waals surface area contributed by atoms with Crippen LogP contribution in [0.15, 0.2) is 30.5 Å². The molecule has 90 valence electrons. The number of nitrogens with zero attached hydrogens (tertiary/aromatic N) is 1. The second-order valence-corrected chi connectivity index (χ2v) is 5.12. The Labute approximate surface area is 107 Å². The summed E-state index contributed by atoms with van der Waals surface area (Å²) in [5, 5.41) is 16.8. The highest BCUT2D eigenvalue weighted by atomic mass is 32.1. The fourth-order valence-electron chi connectivity index (χ4n) is 1.97. The fraction of sp³-hybridized carbons (Fsp3) is 0.0769. The largest absolute Gasteiger partial charge is 0.478 e. The van der Waals surface area contributed by atoms with Gasteiger partial charge in [-0.3, -0.25) is 5.10 Å². The molecular weight excluding hydrogens is 248 g/mol. The number of carbonyl (C=O) groups is 1. The van der Waals surface area contributed by atoms with Crippen molar-refractivity contribution in [3.63, 3.8) is 0 Å². The van der Waals surface area contributed by atoms with Gasteiger partial charge in [0.05, 0.1) is 16.8 Å².